The van der Waals surface area contributed by atoms with E-state index >= 15 is 0 Å². The van der Waals surface area contributed by atoms with Crippen molar-refractivity contribution >= 4 is 5.98 Å². The predicted molar refractivity (Wildman–Crippen MR) is 94.4 cm³/mol. The summed E-state index contributed by atoms with van der Waals surface area (Å²) in [5.41, 5.74) is 6.29. The predicted octanol–water partition coefficient (Wildman–Crippen LogP) is -0.790. The Morgan fingerprint density at radius 2 is 1.42 bits per heavy atom. The summed E-state index contributed by atoms with van der Waals surface area (Å²) < 4.78 is 2.64. The molecule has 0 nitrogen and oxygen atoms in total. The first kappa shape index (κ1) is 19.9. The summed E-state index contributed by atoms with van der Waals surface area (Å²) in [6.45, 7) is 5.20. The molecule has 0 saturated carbocycles. The fraction of sp³-hybridized carbons (Fsp3) is 0.200. The molecule has 2 aromatic rings. The Morgan fingerprint density at radius 3 is 1.88 bits per heavy atom. The van der Waals surface area contributed by atoms with Crippen LogP contribution in [0.15, 0.2) is 70.1 Å². The van der Waals surface area contributed by atoms with E-state index in [2.05, 4.69) is 79.9 Å². The van der Waals surface area contributed by atoms with Gasteiger partial charge in [0, 0.05) is 0 Å². The van der Waals surface area contributed by atoms with Crippen LogP contribution in [0, 0.1) is 0 Å². The van der Waals surface area contributed by atoms with Crippen molar-refractivity contribution in [1.82, 2.24) is 0 Å². The molecular formula is C20H21Cl2HfSi. The molecule has 4 heteroatoms. The van der Waals surface area contributed by atoms with Crippen LogP contribution in [0.2, 0.25) is 13.1 Å². The molecule has 2 aromatic carbocycles. The largest absolute Gasteiger partial charge is 1.00 e. The van der Waals surface area contributed by atoms with Crippen LogP contribution in [0.1, 0.15) is 21.2 Å². The minimum atomic E-state index is -1.84. The van der Waals surface area contributed by atoms with Crippen molar-refractivity contribution in [2.75, 3.05) is 0 Å². The van der Waals surface area contributed by atoms with Crippen molar-refractivity contribution in [3.8, 4) is 11.1 Å². The molecule has 0 fully saturated rings. The Kier molecular flexibility index (Phi) is 6.89. The Labute approximate surface area is 166 Å². The van der Waals surface area contributed by atoms with Crippen LogP contribution >= 0.6 is 0 Å². The normalized spacial score (nSPS) is 14.5. The number of hydrogen-bond donors (Lipinski definition) is 0. The number of benzene rings is 2. The van der Waals surface area contributed by atoms with E-state index in [4.69, 9.17) is 0 Å². The number of fused-ring (bicyclic) bond motifs is 3. The molecule has 0 N–H and O–H groups in total. The second-order valence-corrected chi connectivity index (χ2v) is 34.0. The van der Waals surface area contributed by atoms with Crippen molar-refractivity contribution in [3.63, 3.8) is 0 Å². The third-order valence-corrected chi connectivity index (χ3v) is 33.8. The van der Waals surface area contributed by atoms with Crippen molar-refractivity contribution in [3.05, 3.63) is 81.2 Å². The van der Waals surface area contributed by atoms with E-state index in [1.165, 1.54) is 17.5 Å². The standard InChI is InChI=1S/C13H9.C5H5.C2H7Si.2ClH.Hf/c1-3-7-12-10(5-1)9-11-6-2-4-8-13(11)12;1-2-4-5-3-1;1-3-2;;;/h1-9H;1-3H,4H2;3H,1-2H3;2*1H;/q;;;;;+2/p-2. The topological polar surface area (TPSA) is 0 Å². The van der Waals surface area contributed by atoms with Gasteiger partial charge in [0.05, 0.1) is 0 Å². The van der Waals surface area contributed by atoms with Crippen molar-refractivity contribution in [2.24, 2.45) is 0 Å². The van der Waals surface area contributed by atoms with Crippen LogP contribution in [-0.4, -0.2) is 5.98 Å². The van der Waals surface area contributed by atoms with Crippen LogP contribution in [0.5, 0.6) is 0 Å². The van der Waals surface area contributed by atoms with E-state index in [1.54, 1.807) is 11.1 Å². The van der Waals surface area contributed by atoms with Gasteiger partial charge in [0.25, 0.3) is 0 Å². The molecule has 0 heterocycles. The average Bonchev–Trinajstić information content (AvgIpc) is 3.16. The maximum Gasteiger partial charge on any atom is -1.00 e. The van der Waals surface area contributed by atoms with Gasteiger partial charge in [0.2, 0.25) is 0 Å². The van der Waals surface area contributed by atoms with Gasteiger partial charge < -0.3 is 24.8 Å². The van der Waals surface area contributed by atoms with Gasteiger partial charge in [-0.05, 0) is 0 Å². The van der Waals surface area contributed by atoms with Crippen LogP contribution < -0.4 is 24.8 Å². The number of hydrogen-bond acceptors (Lipinski definition) is 0. The van der Waals surface area contributed by atoms with Gasteiger partial charge in [0.15, 0.2) is 0 Å². The number of allylic oxidation sites excluding steroid dienone is 4. The van der Waals surface area contributed by atoms with Crippen molar-refractivity contribution < 1.29 is 45.4 Å². The fourth-order valence-electron chi connectivity index (χ4n) is 4.04. The Hall–Kier alpha value is -0.413. The van der Waals surface area contributed by atoms with Gasteiger partial charge in [-0.15, -0.1) is 0 Å². The molecule has 0 atom stereocenters. The van der Waals surface area contributed by atoms with E-state index in [0.717, 1.165) is 3.67 Å². The van der Waals surface area contributed by atoms with Crippen molar-refractivity contribution in [1.29, 1.82) is 0 Å². The summed E-state index contributed by atoms with van der Waals surface area (Å²) in [4.78, 5) is 0. The zero-order chi connectivity index (χ0) is 15.1. The molecule has 123 valence electrons. The van der Waals surface area contributed by atoms with E-state index in [9.17, 15) is 0 Å². The minimum Gasteiger partial charge on any atom is -1.00 e. The first-order chi connectivity index (χ1) is 10.8. The summed E-state index contributed by atoms with van der Waals surface area (Å²) in [7, 11) is 0. The van der Waals surface area contributed by atoms with Crippen LogP contribution in [0.3, 0.4) is 0 Å². The van der Waals surface area contributed by atoms with Crippen LogP contribution in [0.25, 0.3) is 11.1 Å². The summed E-state index contributed by atoms with van der Waals surface area (Å²) in [6, 6.07) is 18.4. The molecule has 4 rings (SSSR count). The SMILES string of the molecule is C[SiH](C)[Hf+2]([C]1=CC=CC1)[CH]1c2ccccc2-c2ccccc21.[Cl-].[Cl-]. The maximum atomic E-state index is 2.60. The smallest absolute Gasteiger partial charge is 1.00 e. The summed E-state index contributed by atoms with van der Waals surface area (Å²) in [5.74, 6) is -0.605. The monoisotopic (exact) mass is 539 g/mol. The zero-order valence-electron chi connectivity index (χ0n) is 14.0. The summed E-state index contributed by atoms with van der Waals surface area (Å²) >= 11 is -1.84. The first-order valence-corrected chi connectivity index (χ1v) is 21.2. The molecule has 2 aliphatic rings. The second-order valence-electron chi connectivity index (χ2n) is 6.54. The van der Waals surface area contributed by atoms with Crippen molar-refractivity contribution in [2.45, 2.75) is 23.2 Å². The quantitative estimate of drug-likeness (QED) is 0.450. The molecule has 0 spiro atoms. The number of halogens is 2. The first-order valence-electron chi connectivity index (χ1n) is 8.18. The van der Waals surface area contributed by atoms with Crippen LogP contribution in [0.4, 0.5) is 0 Å². The maximum absolute atomic E-state index is 2.60. The van der Waals surface area contributed by atoms with Gasteiger partial charge >= 0.3 is 142 Å². The Morgan fingerprint density at radius 1 is 0.875 bits per heavy atom. The third kappa shape index (κ3) is 3.31. The van der Waals surface area contributed by atoms with E-state index < -0.39 is 26.6 Å². The molecular weight excluding hydrogens is 518 g/mol. The Bertz CT molecular complexity index is 737. The molecule has 0 radical (unpaired) electrons. The van der Waals surface area contributed by atoms with E-state index in [1.807, 2.05) is 3.33 Å². The summed E-state index contributed by atoms with van der Waals surface area (Å²) in [5, 5.41) is 0. The second kappa shape index (κ2) is 8.31. The van der Waals surface area contributed by atoms with Crippen LogP contribution in [-0.2, 0) is 20.6 Å². The van der Waals surface area contributed by atoms with E-state index in [-0.39, 0.29) is 24.8 Å². The number of rotatable bonds is 3. The van der Waals surface area contributed by atoms with Gasteiger partial charge in [0.1, 0.15) is 0 Å². The molecule has 0 unspecified atom stereocenters. The molecule has 0 aromatic heterocycles. The Balaban J connectivity index is 0.00000104. The molecule has 0 saturated heterocycles. The molecule has 0 amide bonds. The molecule has 0 bridgehead atoms. The summed E-state index contributed by atoms with van der Waals surface area (Å²) in [6.07, 6.45) is 8.37. The zero-order valence-corrected chi connectivity index (χ0v) is 20.2. The molecule has 0 aliphatic heterocycles. The fourth-order valence-corrected chi connectivity index (χ4v) is 33.2. The van der Waals surface area contributed by atoms with Gasteiger partial charge in [-0.2, -0.15) is 0 Å². The van der Waals surface area contributed by atoms with Gasteiger partial charge in [-0.25, -0.2) is 0 Å². The molecule has 2 aliphatic carbocycles. The average molecular weight is 539 g/mol. The minimum absolute atomic E-state index is 0. The third-order valence-electron chi connectivity index (χ3n) is 4.91. The van der Waals surface area contributed by atoms with E-state index in [0.29, 0.717) is 0 Å². The van der Waals surface area contributed by atoms with Gasteiger partial charge in [-0.3, -0.25) is 0 Å². The molecule has 24 heavy (non-hydrogen) atoms. The van der Waals surface area contributed by atoms with Gasteiger partial charge in [-0.1, -0.05) is 0 Å².